The van der Waals surface area contributed by atoms with Gasteiger partial charge in [0.05, 0.1) is 17.0 Å². The van der Waals surface area contributed by atoms with Crippen molar-refractivity contribution in [2.75, 3.05) is 0 Å². The molecule has 0 unspecified atom stereocenters. The van der Waals surface area contributed by atoms with Crippen molar-refractivity contribution >= 4 is 22.8 Å². The van der Waals surface area contributed by atoms with Gasteiger partial charge in [-0.15, -0.1) is 0 Å². The fourth-order valence-corrected chi connectivity index (χ4v) is 2.71. The Kier molecular flexibility index (Phi) is 3.92. The zero-order valence-corrected chi connectivity index (χ0v) is 12.3. The number of nitrogens with zero attached hydrogens (tertiary/aromatic N) is 1. The van der Waals surface area contributed by atoms with E-state index < -0.39 is 29.3 Å². The van der Waals surface area contributed by atoms with E-state index in [0.717, 1.165) is 0 Å². The van der Waals surface area contributed by atoms with Gasteiger partial charge in [-0.1, -0.05) is 24.3 Å². The highest BCUT2D eigenvalue weighted by molar-refractivity contribution is 5.94. The zero-order chi connectivity index (χ0) is 16.4. The third-order valence-electron chi connectivity index (χ3n) is 3.93. The molecule has 1 aliphatic rings. The molecule has 2 amide bonds. The van der Waals surface area contributed by atoms with Crippen LogP contribution < -0.4 is 16.6 Å². The van der Waals surface area contributed by atoms with Crippen LogP contribution in [0.4, 0.5) is 0 Å². The maximum absolute atomic E-state index is 12.4. The highest BCUT2D eigenvalue weighted by atomic mass is 16.2. The predicted molar refractivity (Wildman–Crippen MR) is 84.7 cm³/mol. The van der Waals surface area contributed by atoms with Crippen molar-refractivity contribution in [1.29, 1.82) is 0 Å². The minimum absolute atomic E-state index is 0.221. The molecule has 1 aromatic heterocycles. The van der Waals surface area contributed by atoms with Gasteiger partial charge in [-0.2, -0.15) is 0 Å². The molecule has 0 aliphatic heterocycles. The SMILES string of the molecule is NC(=O)[C@@H]1CC=CC[C@H]1NC(=O)c1nc2ccccc2[nH]c1=O. The van der Waals surface area contributed by atoms with Crippen LogP contribution in [-0.2, 0) is 4.79 Å². The largest absolute Gasteiger partial charge is 0.369 e. The van der Waals surface area contributed by atoms with E-state index in [1.165, 1.54) is 0 Å². The van der Waals surface area contributed by atoms with Gasteiger partial charge in [0.15, 0.2) is 5.69 Å². The molecular weight excluding hydrogens is 296 g/mol. The van der Waals surface area contributed by atoms with E-state index in [1.807, 2.05) is 12.2 Å². The van der Waals surface area contributed by atoms with Crippen molar-refractivity contribution in [3.63, 3.8) is 0 Å². The van der Waals surface area contributed by atoms with E-state index in [2.05, 4.69) is 15.3 Å². The predicted octanol–water partition coefficient (Wildman–Crippen LogP) is 0.473. The Morgan fingerprint density at radius 1 is 1.22 bits per heavy atom. The van der Waals surface area contributed by atoms with E-state index in [9.17, 15) is 14.4 Å². The van der Waals surface area contributed by atoms with Gasteiger partial charge in [-0.25, -0.2) is 4.98 Å². The zero-order valence-electron chi connectivity index (χ0n) is 12.3. The Hall–Kier alpha value is -2.96. The second-order valence-electron chi connectivity index (χ2n) is 5.46. The number of nitrogens with two attached hydrogens (primary N) is 1. The molecule has 4 N–H and O–H groups in total. The van der Waals surface area contributed by atoms with Crippen LogP contribution in [-0.4, -0.2) is 27.8 Å². The number of fused-ring (bicyclic) bond motifs is 1. The van der Waals surface area contributed by atoms with E-state index in [-0.39, 0.29) is 5.69 Å². The quantitative estimate of drug-likeness (QED) is 0.714. The van der Waals surface area contributed by atoms with Crippen LogP contribution in [0.5, 0.6) is 0 Å². The standard InChI is InChI=1S/C16H16N4O3/c17-14(21)9-5-1-2-6-10(9)19-15(22)13-16(23)20-12-8-4-3-7-11(12)18-13/h1-4,7-10H,5-6H2,(H2,17,21)(H,19,22)(H,20,23)/t9-,10-/m1/s1. The number of primary amides is 1. The number of carbonyl (C=O) groups excluding carboxylic acids is 2. The second-order valence-corrected chi connectivity index (χ2v) is 5.46. The molecule has 7 nitrogen and oxygen atoms in total. The van der Waals surface area contributed by atoms with Gasteiger partial charge in [0, 0.05) is 6.04 Å². The molecule has 0 bridgehead atoms. The molecule has 7 heteroatoms. The number of rotatable bonds is 3. The third-order valence-corrected chi connectivity index (χ3v) is 3.93. The van der Waals surface area contributed by atoms with Gasteiger partial charge < -0.3 is 16.0 Å². The van der Waals surface area contributed by atoms with E-state index in [1.54, 1.807) is 24.3 Å². The number of aromatic amines is 1. The Bertz CT molecular complexity index is 856. The summed E-state index contributed by atoms with van der Waals surface area (Å²) in [5.41, 5.74) is 5.66. The smallest absolute Gasteiger partial charge is 0.280 e. The van der Waals surface area contributed by atoms with Crippen LogP contribution in [0.3, 0.4) is 0 Å². The van der Waals surface area contributed by atoms with E-state index in [0.29, 0.717) is 23.9 Å². The van der Waals surface area contributed by atoms with Crippen molar-refractivity contribution in [3.05, 3.63) is 52.5 Å². The second kappa shape index (κ2) is 6.04. The van der Waals surface area contributed by atoms with Crippen molar-refractivity contribution in [3.8, 4) is 0 Å². The third kappa shape index (κ3) is 2.98. The van der Waals surface area contributed by atoms with Crippen LogP contribution in [0.2, 0.25) is 0 Å². The summed E-state index contributed by atoms with van der Waals surface area (Å²) in [7, 11) is 0. The lowest BCUT2D eigenvalue weighted by Gasteiger charge is -2.26. The lowest BCUT2D eigenvalue weighted by atomic mass is 9.88. The minimum atomic E-state index is -0.608. The monoisotopic (exact) mass is 312 g/mol. The molecule has 23 heavy (non-hydrogen) atoms. The number of para-hydroxylation sites is 2. The number of nitrogens with one attached hydrogen (secondary N) is 2. The molecule has 0 fully saturated rings. The number of carbonyl (C=O) groups is 2. The van der Waals surface area contributed by atoms with Gasteiger partial charge in [0.1, 0.15) is 0 Å². The highest BCUT2D eigenvalue weighted by Crippen LogP contribution is 2.19. The van der Waals surface area contributed by atoms with Crippen LogP contribution in [0.1, 0.15) is 23.3 Å². The van der Waals surface area contributed by atoms with Crippen LogP contribution >= 0.6 is 0 Å². The van der Waals surface area contributed by atoms with Crippen molar-refractivity contribution in [2.24, 2.45) is 11.7 Å². The number of H-pyrrole nitrogens is 1. The summed E-state index contributed by atoms with van der Waals surface area (Å²) >= 11 is 0. The molecule has 2 atom stereocenters. The molecule has 118 valence electrons. The summed E-state index contributed by atoms with van der Waals surface area (Å²) in [5.74, 6) is -1.56. The Morgan fingerprint density at radius 3 is 2.74 bits per heavy atom. The van der Waals surface area contributed by atoms with Gasteiger partial charge in [0.25, 0.3) is 11.5 Å². The molecule has 2 aromatic rings. The van der Waals surface area contributed by atoms with Crippen LogP contribution in [0.15, 0.2) is 41.2 Å². The van der Waals surface area contributed by atoms with Crippen molar-refractivity contribution in [2.45, 2.75) is 18.9 Å². The number of hydrogen-bond donors (Lipinski definition) is 3. The maximum atomic E-state index is 12.4. The summed E-state index contributed by atoms with van der Waals surface area (Å²) < 4.78 is 0. The minimum Gasteiger partial charge on any atom is -0.369 e. The number of benzene rings is 1. The van der Waals surface area contributed by atoms with Crippen LogP contribution in [0, 0.1) is 5.92 Å². The summed E-state index contributed by atoms with van der Waals surface area (Å²) in [6.45, 7) is 0. The van der Waals surface area contributed by atoms with Gasteiger partial charge in [-0.3, -0.25) is 14.4 Å². The lowest BCUT2D eigenvalue weighted by molar-refractivity contribution is -0.122. The average Bonchev–Trinajstić information content (AvgIpc) is 2.54. The molecule has 1 aliphatic carbocycles. The first-order valence-corrected chi connectivity index (χ1v) is 7.30. The van der Waals surface area contributed by atoms with Crippen molar-refractivity contribution < 1.29 is 9.59 Å². The highest BCUT2D eigenvalue weighted by Gasteiger charge is 2.29. The first kappa shape index (κ1) is 15.0. The molecule has 0 saturated heterocycles. The van der Waals surface area contributed by atoms with Crippen LogP contribution in [0.25, 0.3) is 11.0 Å². The van der Waals surface area contributed by atoms with E-state index >= 15 is 0 Å². The van der Waals surface area contributed by atoms with Crippen molar-refractivity contribution in [1.82, 2.24) is 15.3 Å². The van der Waals surface area contributed by atoms with E-state index in [4.69, 9.17) is 5.73 Å². The first-order valence-electron chi connectivity index (χ1n) is 7.30. The van der Waals surface area contributed by atoms with Gasteiger partial charge in [-0.05, 0) is 25.0 Å². The Labute approximate surface area is 131 Å². The number of allylic oxidation sites excluding steroid dienone is 1. The maximum Gasteiger partial charge on any atom is 0.280 e. The van der Waals surface area contributed by atoms with Gasteiger partial charge in [0.2, 0.25) is 5.91 Å². The Morgan fingerprint density at radius 2 is 1.96 bits per heavy atom. The van der Waals surface area contributed by atoms with Gasteiger partial charge >= 0.3 is 0 Å². The lowest BCUT2D eigenvalue weighted by Crippen LogP contribution is -2.47. The molecular formula is C16H16N4O3. The average molecular weight is 312 g/mol. The summed E-state index contributed by atoms with van der Waals surface area (Å²) in [5, 5.41) is 2.70. The molecule has 0 spiro atoms. The number of aromatic nitrogens is 2. The number of hydrogen-bond acceptors (Lipinski definition) is 4. The normalized spacial score (nSPS) is 20.3. The first-order chi connectivity index (χ1) is 11.1. The Balaban J connectivity index is 1.88. The molecule has 3 rings (SSSR count). The summed E-state index contributed by atoms with van der Waals surface area (Å²) in [4.78, 5) is 42.6. The topological polar surface area (TPSA) is 118 Å². The fourth-order valence-electron chi connectivity index (χ4n) is 2.71. The number of amides is 2. The molecule has 1 aromatic carbocycles. The summed E-state index contributed by atoms with van der Waals surface area (Å²) in [6, 6.07) is 6.52. The molecule has 0 radical (unpaired) electrons. The summed E-state index contributed by atoms with van der Waals surface area (Å²) in [6.07, 6.45) is 4.70. The fraction of sp³-hybridized carbons (Fsp3) is 0.250. The molecule has 1 heterocycles. The molecule has 0 saturated carbocycles.